The highest BCUT2D eigenvalue weighted by Crippen LogP contribution is 2.35. The molecule has 0 amide bonds. The summed E-state index contributed by atoms with van der Waals surface area (Å²) in [6, 6.07) is 4.89. The van der Waals surface area contributed by atoms with Crippen LogP contribution < -0.4 is 15.2 Å². The first-order valence-electron chi connectivity index (χ1n) is 5.33. The van der Waals surface area contributed by atoms with Crippen LogP contribution in [0, 0.1) is 0 Å². The number of ether oxygens (including phenoxy) is 3. The van der Waals surface area contributed by atoms with Crippen molar-refractivity contribution in [2.45, 2.75) is 18.6 Å². The average molecular weight is 237 g/mol. The number of rotatable bonds is 3. The molecule has 0 aliphatic carbocycles. The molecule has 1 saturated heterocycles. The van der Waals surface area contributed by atoms with Crippen molar-refractivity contribution in [2.24, 2.45) is 5.73 Å². The van der Waals surface area contributed by atoms with Crippen LogP contribution in [-0.4, -0.2) is 26.2 Å². The number of cyclic esters (lactones) is 1. The highest BCUT2D eigenvalue weighted by molar-refractivity contribution is 5.78. The molecule has 17 heavy (non-hydrogen) atoms. The molecule has 5 nitrogen and oxygen atoms in total. The van der Waals surface area contributed by atoms with Crippen LogP contribution in [0.5, 0.6) is 11.5 Å². The molecule has 0 aromatic heterocycles. The number of carbonyl (C=O) groups is 1. The number of benzene rings is 1. The van der Waals surface area contributed by atoms with Gasteiger partial charge in [-0.25, -0.2) is 0 Å². The molecule has 1 fully saturated rings. The highest BCUT2D eigenvalue weighted by Gasteiger charge is 2.32. The summed E-state index contributed by atoms with van der Waals surface area (Å²) in [5, 5.41) is 0. The molecule has 2 N–H and O–H groups in total. The summed E-state index contributed by atoms with van der Waals surface area (Å²) < 4.78 is 15.5. The fourth-order valence-corrected chi connectivity index (χ4v) is 1.86. The number of hydrogen-bond donors (Lipinski definition) is 1. The van der Waals surface area contributed by atoms with E-state index in [4.69, 9.17) is 19.9 Å². The number of nitrogens with two attached hydrogens (primary N) is 1. The molecule has 2 rings (SSSR count). The number of hydrogen-bond acceptors (Lipinski definition) is 5. The van der Waals surface area contributed by atoms with Gasteiger partial charge in [0.05, 0.1) is 14.2 Å². The predicted octanol–water partition coefficient (Wildman–Crippen LogP) is 1.02. The summed E-state index contributed by atoms with van der Waals surface area (Å²) in [6.07, 6.45) is 0.200. The lowest BCUT2D eigenvalue weighted by Gasteiger charge is -2.13. The molecule has 0 saturated carbocycles. The smallest absolute Gasteiger partial charge is 0.323 e. The quantitative estimate of drug-likeness (QED) is 0.795. The predicted molar refractivity (Wildman–Crippen MR) is 61.0 cm³/mol. The molecular weight excluding hydrogens is 222 g/mol. The Morgan fingerprint density at radius 3 is 2.53 bits per heavy atom. The summed E-state index contributed by atoms with van der Waals surface area (Å²) in [5.41, 5.74) is 6.47. The van der Waals surface area contributed by atoms with E-state index in [0.29, 0.717) is 17.9 Å². The van der Waals surface area contributed by atoms with E-state index in [-0.39, 0.29) is 12.1 Å². The fourth-order valence-electron chi connectivity index (χ4n) is 1.86. The topological polar surface area (TPSA) is 70.8 Å². The fraction of sp³-hybridized carbons (Fsp3) is 0.417. The number of methoxy groups -OCH3 is 2. The van der Waals surface area contributed by atoms with E-state index >= 15 is 0 Å². The zero-order valence-corrected chi connectivity index (χ0v) is 9.80. The molecule has 1 aliphatic heterocycles. The first-order chi connectivity index (χ1) is 8.15. The highest BCUT2D eigenvalue weighted by atomic mass is 16.6. The van der Waals surface area contributed by atoms with E-state index in [1.54, 1.807) is 26.4 Å². The van der Waals surface area contributed by atoms with Crippen LogP contribution in [0.2, 0.25) is 0 Å². The third-order valence-electron chi connectivity index (χ3n) is 2.81. The third kappa shape index (κ3) is 2.19. The minimum atomic E-state index is -0.534. The Bertz CT molecular complexity index is 433. The van der Waals surface area contributed by atoms with Gasteiger partial charge in [0.1, 0.15) is 12.1 Å². The van der Waals surface area contributed by atoms with Crippen molar-refractivity contribution in [1.29, 1.82) is 0 Å². The lowest BCUT2D eigenvalue weighted by molar-refractivity contribution is -0.142. The van der Waals surface area contributed by atoms with Crippen LogP contribution in [0.15, 0.2) is 18.2 Å². The molecule has 1 heterocycles. The number of carbonyl (C=O) groups excluding carboxylic acids is 1. The minimum Gasteiger partial charge on any atom is -0.493 e. The van der Waals surface area contributed by atoms with Crippen molar-refractivity contribution < 1.29 is 19.0 Å². The van der Waals surface area contributed by atoms with E-state index in [9.17, 15) is 4.79 Å². The first kappa shape index (κ1) is 11.7. The Hall–Kier alpha value is -1.75. The van der Waals surface area contributed by atoms with Gasteiger partial charge < -0.3 is 19.9 Å². The van der Waals surface area contributed by atoms with Crippen LogP contribution >= 0.6 is 0 Å². The zero-order chi connectivity index (χ0) is 12.4. The summed E-state index contributed by atoms with van der Waals surface area (Å²) in [6.45, 7) is 0. The Labute approximate surface area is 99.5 Å². The van der Waals surface area contributed by atoms with Gasteiger partial charge in [-0.3, -0.25) is 4.79 Å². The van der Waals surface area contributed by atoms with Gasteiger partial charge in [-0.15, -0.1) is 0 Å². The molecular formula is C12H15NO4. The van der Waals surface area contributed by atoms with E-state index in [1.807, 2.05) is 6.07 Å². The van der Waals surface area contributed by atoms with Crippen LogP contribution in [0.1, 0.15) is 18.1 Å². The third-order valence-corrected chi connectivity index (χ3v) is 2.81. The van der Waals surface area contributed by atoms with E-state index in [1.165, 1.54) is 0 Å². The maximum absolute atomic E-state index is 11.2. The molecule has 0 bridgehead atoms. The van der Waals surface area contributed by atoms with E-state index < -0.39 is 6.04 Å². The van der Waals surface area contributed by atoms with Gasteiger partial charge >= 0.3 is 5.97 Å². The second kappa shape index (κ2) is 4.63. The molecule has 0 spiro atoms. The van der Waals surface area contributed by atoms with Crippen LogP contribution in [0.4, 0.5) is 0 Å². The van der Waals surface area contributed by atoms with E-state index in [2.05, 4.69) is 0 Å². The Kier molecular flexibility index (Phi) is 3.19. The van der Waals surface area contributed by atoms with Gasteiger partial charge in [0.15, 0.2) is 11.5 Å². The monoisotopic (exact) mass is 237 g/mol. The Balaban J connectivity index is 2.25. The standard InChI is InChI=1S/C12H15NO4/c1-15-9-4-3-7(5-11(9)16-2)10-6-8(13)12(14)17-10/h3-5,8,10H,6,13H2,1-2H3. The normalized spacial score (nSPS) is 23.4. The Morgan fingerprint density at radius 1 is 1.29 bits per heavy atom. The van der Waals surface area contributed by atoms with Gasteiger partial charge in [-0.2, -0.15) is 0 Å². The molecule has 92 valence electrons. The summed E-state index contributed by atoms with van der Waals surface area (Å²) in [7, 11) is 3.14. The van der Waals surface area contributed by atoms with Crippen molar-refractivity contribution in [2.75, 3.05) is 14.2 Å². The van der Waals surface area contributed by atoms with Crippen molar-refractivity contribution in [3.8, 4) is 11.5 Å². The lowest BCUT2D eigenvalue weighted by atomic mass is 10.0. The molecule has 1 aromatic rings. The largest absolute Gasteiger partial charge is 0.493 e. The molecule has 0 radical (unpaired) electrons. The second-order valence-corrected chi connectivity index (χ2v) is 3.88. The van der Waals surface area contributed by atoms with Gasteiger partial charge in [0, 0.05) is 6.42 Å². The van der Waals surface area contributed by atoms with E-state index in [0.717, 1.165) is 5.56 Å². The Morgan fingerprint density at radius 2 is 2.00 bits per heavy atom. The molecule has 1 aromatic carbocycles. The summed E-state index contributed by atoms with van der Waals surface area (Å²) in [4.78, 5) is 11.2. The average Bonchev–Trinajstić information content (AvgIpc) is 2.68. The van der Waals surface area contributed by atoms with Crippen molar-refractivity contribution in [3.63, 3.8) is 0 Å². The van der Waals surface area contributed by atoms with Crippen LogP contribution in [-0.2, 0) is 9.53 Å². The van der Waals surface area contributed by atoms with Crippen molar-refractivity contribution in [1.82, 2.24) is 0 Å². The molecule has 5 heteroatoms. The van der Waals surface area contributed by atoms with Crippen molar-refractivity contribution in [3.05, 3.63) is 23.8 Å². The molecule has 2 atom stereocenters. The minimum absolute atomic E-state index is 0.294. The lowest BCUT2D eigenvalue weighted by Crippen LogP contribution is -2.24. The summed E-state index contributed by atoms with van der Waals surface area (Å²) in [5.74, 6) is 0.899. The van der Waals surface area contributed by atoms with Gasteiger partial charge in [-0.1, -0.05) is 6.07 Å². The molecule has 2 unspecified atom stereocenters. The molecule has 1 aliphatic rings. The van der Waals surface area contributed by atoms with Gasteiger partial charge in [0.2, 0.25) is 0 Å². The zero-order valence-electron chi connectivity index (χ0n) is 9.80. The van der Waals surface area contributed by atoms with Crippen LogP contribution in [0.25, 0.3) is 0 Å². The second-order valence-electron chi connectivity index (χ2n) is 3.88. The van der Waals surface area contributed by atoms with Gasteiger partial charge in [-0.05, 0) is 17.7 Å². The van der Waals surface area contributed by atoms with Crippen molar-refractivity contribution >= 4 is 5.97 Å². The maximum atomic E-state index is 11.2. The van der Waals surface area contributed by atoms with Crippen LogP contribution in [0.3, 0.4) is 0 Å². The first-order valence-corrected chi connectivity index (χ1v) is 5.33. The SMILES string of the molecule is COc1ccc(C2CC(N)C(=O)O2)cc1OC. The van der Waals surface area contributed by atoms with Gasteiger partial charge in [0.25, 0.3) is 0 Å². The number of esters is 1. The maximum Gasteiger partial charge on any atom is 0.323 e. The summed E-state index contributed by atoms with van der Waals surface area (Å²) >= 11 is 0.